The van der Waals surface area contributed by atoms with E-state index in [1.165, 1.54) is 12.1 Å². The number of aromatic nitrogens is 2. The standard InChI is InChI=1S/C15H17FN4O/c1-20(12-6-7-17-9-12)15(21)14-8-13(18-19-14)10-2-4-11(16)5-3-10/h2-5,8,12,17H,6-7,9H2,1H3,(H,18,19). The molecular formula is C15H17FN4O. The molecule has 0 bridgehead atoms. The third-order valence-corrected chi connectivity index (χ3v) is 3.85. The first-order chi connectivity index (χ1) is 10.1. The minimum absolute atomic E-state index is 0.0791. The third kappa shape index (κ3) is 2.80. The number of aromatic amines is 1. The molecule has 1 aromatic heterocycles. The molecule has 5 nitrogen and oxygen atoms in total. The van der Waals surface area contributed by atoms with Crippen LogP contribution in [0.3, 0.4) is 0 Å². The normalized spacial score (nSPS) is 17.9. The highest BCUT2D eigenvalue weighted by Gasteiger charge is 2.25. The summed E-state index contributed by atoms with van der Waals surface area (Å²) in [5, 5.41) is 10.1. The summed E-state index contributed by atoms with van der Waals surface area (Å²) in [4.78, 5) is 14.1. The van der Waals surface area contributed by atoms with Crippen molar-refractivity contribution in [2.24, 2.45) is 0 Å². The van der Waals surface area contributed by atoms with Gasteiger partial charge in [0.2, 0.25) is 0 Å². The molecule has 0 saturated carbocycles. The molecule has 2 heterocycles. The SMILES string of the molecule is CN(C(=O)c1cc(-c2ccc(F)cc2)n[nH]1)C1CCNC1. The Hall–Kier alpha value is -2.21. The van der Waals surface area contributed by atoms with E-state index in [9.17, 15) is 9.18 Å². The second-order valence-electron chi connectivity index (χ2n) is 5.24. The Morgan fingerprint density at radius 2 is 2.14 bits per heavy atom. The van der Waals surface area contributed by atoms with Gasteiger partial charge in [-0.3, -0.25) is 9.89 Å². The fraction of sp³-hybridized carbons (Fsp3) is 0.333. The molecule has 1 fully saturated rings. The molecule has 2 N–H and O–H groups in total. The fourth-order valence-electron chi connectivity index (χ4n) is 2.53. The van der Waals surface area contributed by atoms with Gasteiger partial charge in [-0.25, -0.2) is 4.39 Å². The number of carbonyl (C=O) groups excluding carboxylic acids is 1. The summed E-state index contributed by atoms with van der Waals surface area (Å²) < 4.78 is 12.9. The van der Waals surface area contributed by atoms with E-state index in [0.29, 0.717) is 11.4 Å². The molecule has 110 valence electrons. The first-order valence-electron chi connectivity index (χ1n) is 6.94. The van der Waals surface area contributed by atoms with E-state index in [4.69, 9.17) is 0 Å². The number of hydrogen-bond acceptors (Lipinski definition) is 3. The van der Waals surface area contributed by atoms with Crippen LogP contribution in [0.2, 0.25) is 0 Å². The summed E-state index contributed by atoms with van der Waals surface area (Å²) in [6.45, 7) is 1.76. The summed E-state index contributed by atoms with van der Waals surface area (Å²) in [5.74, 6) is -0.372. The van der Waals surface area contributed by atoms with Gasteiger partial charge in [0.15, 0.2) is 0 Å². The predicted octanol–water partition coefficient (Wildman–Crippen LogP) is 1.65. The molecule has 0 aliphatic carbocycles. The van der Waals surface area contributed by atoms with E-state index in [1.807, 2.05) is 0 Å². The van der Waals surface area contributed by atoms with Crippen molar-refractivity contribution in [3.63, 3.8) is 0 Å². The van der Waals surface area contributed by atoms with Crippen molar-refractivity contribution in [2.45, 2.75) is 12.5 Å². The summed E-state index contributed by atoms with van der Waals surface area (Å²) in [6.07, 6.45) is 0.960. The maximum Gasteiger partial charge on any atom is 0.271 e. The lowest BCUT2D eigenvalue weighted by molar-refractivity contribution is 0.0738. The van der Waals surface area contributed by atoms with E-state index in [-0.39, 0.29) is 17.8 Å². The van der Waals surface area contributed by atoms with E-state index in [2.05, 4.69) is 15.5 Å². The molecule has 1 aromatic carbocycles. The minimum Gasteiger partial charge on any atom is -0.336 e. The molecule has 1 aliphatic rings. The van der Waals surface area contributed by atoms with E-state index in [1.54, 1.807) is 30.1 Å². The van der Waals surface area contributed by atoms with Crippen molar-refractivity contribution < 1.29 is 9.18 Å². The number of halogens is 1. The smallest absolute Gasteiger partial charge is 0.271 e. The lowest BCUT2D eigenvalue weighted by Gasteiger charge is -2.22. The Labute approximate surface area is 122 Å². The number of amides is 1. The van der Waals surface area contributed by atoms with Gasteiger partial charge in [0.25, 0.3) is 5.91 Å². The number of carbonyl (C=O) groups is 1. The van der Waals surface area contributed by atoms with Crippen LogP contribution in [0.5, 0.6) is 0 Å². The first kappa shape index (κ1) is 13.8. The molecular weight excluding hydrogens is 271 g/mol. The predicted molar refractivity (Wildman–Crippen MR) is 77.3 cm³/mol. The van der Waals surface area contributed by atoms with Crippen molar-refractivity contribution in [1.82, 2.24) is 20.4 Å². The van der Waals surface area contributed by atoms with Crippen molar-refractivity contribution in [1.29, 1.82) is 0 Å². The molecule has 0 spiro atoms. The second-order valence-corrected chi connectivity index (χ2v) is 5.24. The number of rotatable bonds is 3. The summed E-state index contributed by atoms with van der Waals surface area (Å²) in [6, 6.07) is 7.96. The minimum atomic E-state index is -0.293. The number of hydrogen-bond donors (Lipinski definition) is 2. The van der Waals surface area contributed by atoms with Gasteiger partial charge in [-0.2, -0.15) is 5.10 Å². The van der Waals surface area contributed by atoms with Gasteiger partial charge in [-0.15, -0.1) is 0 Å². The highest BCUT2D eigenvalue weighted by atomic mass is 19.1. The lowest BCUT2D eigenvalue weighted by atomic mass is 10.1. The second kappa shape index (κ2) is 5.65. The van der Waals surface area contributed by atoms with Crippen molar-refractivity contribution in [3.05, 3.63) is 41.8 Å². The Balaban J connectivity index is 1.77. The zero-order valence-corrected chi connectivity index (χ0v) is 11.8. The molecule has 1 atom stereocenters. The highest BCUT2D eigenvalue weighted by molar-refractivity contribution is 5.93. The van der Waals surface area contributed by atoms with Gasteiger partial charge in [-0.05, 0) is 43.3 Å². The largest absolute Gasteiger partial charge is 0.336 e. The van der Waals surface area contributed by atoms with E-state index < -0.39 is 0 Å². The molecule has 1 aliphatic heterocycles. The zero-order chi connectivity index (χ0) is 14.8. The van der Waals surface area contributed by atoms with Crippen LogP contribution in [-0.4, -0.2) is 47.2 Å². The average molecular weight is 288 g/mol. The quantitative estimate of drug-likeness (QED) is 0.903. The van der Waals surface area contributed by atoms with Crippen LogP contribution in [0.15, 0.2) is 30.3 Å². The molecule has 6 heteroatoms. The topological polar surface area (TPSA) is 61.0 Å². The third-order valence-electron chi connectivity index (χ3n) is 3.85. The van der Waals surface area contributed by atoms with E-state index in [0.717, 1.165) is 25.1 Å². The molecule has 1 saturated heterocycles. The van der Waals surface area contributed by atoms with Crippen molar-refractivity contribution >= 4 is 5.91 Å². The van der Waals surface area contributed by atoms with Gasteiger partial charge >= 0.3 is 0 Å². The number of H-pyrrole nitrogens is 1. The van der Waals surface area contributed by atoms with Gasteiger partial charge in [0.05, 0.1) is 5.69 Å². The van der Waals surface area contributed by atoms with Crippen LogP contribution >= 0.6 is 0 Å². The van der Waals surface area contributed by atoms with Crippen LogP contribution in [0.25, 0.3) is 11.3 Å². The van der Waals surface area contributed by atoms with Crippen LogP contribution in [0, 0.1) is 5.82 Å². The van der Waals surface area contributed by atoms with Gasteiger partial charge in [0, 0.05) is 25.2 Å². The summed E-state index contributed by atoms with van der Waals surface area (Å²) in [5.41, 5.74) is 1.86. The number of nitrogens with one attached hydrogen (secondary N) is 2. The number of nitrogens with zero attached hydrogens (tertiary/aromatic N) is 2. The summed E-state index contributed by atoms with van der Waals surface area (Å²) in [7, 11) is 1.80. The Kier molecular flexibility index (Phi) is 3.70. The monoisotopic (exact) mass is 288 g/mol. The maximum atomic E-state index is 12.9. The van der Waals surface area contributed by atoms with Crippen LogP contribution in [0.4, 0.5) is 4.39 Å². The lowest BCUT2D eigenvalue weighted by Crippen LogP contribution is -2.38. The number of benzene rings is 1. The van der Waals surface area contributed by atoms with Crippen molar-refractivity contribution in [2.75, 3.05) is 20.1 Å². The van der Waals surface area contributed by atoms with E-state index >= 15 is 0 Å². The molecule has 2 aromatic rings. The summed E-state index contributed by atoms with van der Waals surface area (Å²) >= 11 is 0. The average Bonchev–Trinajstić information content (AvgIpc) is 3.18. The highest BCUT2D eigenvalue weighted by Crippen LogP contribution is 2.19. The Morgan fingerprint density at radius 3 is 2.81 bits per heavy atom. The van der Waals surface area contributed by atoms with Gasteiger partial charge in [-0.1, -0.05) is 0 Å². The number of likely N-dealkylation sites (N-methyl/N-ethyl adjacent to an activating group) is 1. The molecule has 0 radical (unpaired) electrons. The first-order valence-corrected chi connectivity index (χ1v) is 6.94. The molecule has 1 amide bonds. The maximum absolute atomic E-state index is 12.9. The zero-order valence-electron chi connectivity index (χ0n) is 11.8. The van der Waals surface area contributed by atoms with Crippen LogP contribution < -0.4 is 5.32 Å². The molecule has 1 unspecified atom stereocenters. The van der Waals surface area contributed by atoms with Crippen LogP contribution in [0.1, 0.15) is 16.9 Å². The molecule has 3 rings (SSSR count). The fourth-order valence-corrected chi connectivity index (χ4v) is 2.53. The van der Waals surface area contributed by atoms with Gasteiger partial charge in [0.1, 0.15) is 11.5 Å². The van der Waals surface area contributed by atoms with Crippen LogP contribution in [-0.2, 0) is 0 Å². The molecule has 21 heavy (non-hydrogen) atoms. The van der Waals surface area contributed by atoms with Crippen molar-refractivity contribution in [3.8, 4) is 11.3 Å². The Bertz CT molecular complexity index is 631. The van der Waals surface area contributed by atoms with Gasteiger partial charge < -0.3 is 10.2 Å². The Morgan fingerprint density at radius 1 is 1.38 bits per heavy atom.